The van der Waals surface area contributed by atoms with Crippen molar-refractivity contribution in [3.05, 3.63) is 63.7 Å². The molecule has 12 nitrogen and oxygen atoms in total. The van der Waals surface area contributed by atoms with Crippen LogP contribution in [0.5, 0.6) is 11.5 Å². The van der Waals surface area contributed by atoms with Gasteiger partial charge in [0.15, 0.2) is 0 Å². The number of fused-ring (bicyclic) bond motifs is 1. The van der Waals surface area contributed by atoms with Crippen LogP contribution >= 0.6 is 0 Å². The first-order chi connectivity index (χ1) is 21.2. The fourth-order valence-corrected chi connectivity index (χ4v) is 5.99. The van der Waals surface area contributed by atoms with E-state index in [2.05, 4.69) is 0 Å². The Kier molecular flexibility index (Phi) is 7.78. The zero-order valence-corrected chi connectivity index (χ0v) is 24.6. The lowest BCUT2D eigenvalue weighted by Crippen LogP contribution is -2.57. The number of hydrogen-bond donors (Lipinski definition) is 1. The van der Waals surface area contributed by atoms with Crippen LogP contribution in [-0.2, 0) is 0 Å². The van der Waals surface area contributed by atoms with E-state index in [4.69, 9.17) is 9.47 Å². The van der Waals surface area contributed by atoms with Crippen molar-refractivity contribution in [2.75, 3.05) is 71.5 Å². The highest BCUT2D eigenvalue weighted by molar-refractivity contribution is 5.97. The predicted octanol–water partition coefficient (Wildman–Crippen LogP) is 2.89. The Bertz CT molecular complexity index is 1690. The predicted molar refractivity (Wildman–Crippen MR) is 160 cm³/mol. The molecule has 0 unspecified atom stereocenters. The van der Waals surface area contributed by atoms with E-state index in [0.717, 1.165) is 18.9 Å². The molecule has 0 bridgehead atoms. The number of benzene rings is 2. The van der Waals surface area contributed by atoms with E-state index in [1.165, 1.54) is 13.3 Å². The number of hydrogen-bond acceptors (Lipinski definition) is 7. The zero-order valence-electron chi connectivity index (χ0n) is 24.6. The molecule has 1 N–H and O–H groups in total. The molecule has 2 aromatic carbocycles. The Balaban J connectivity index is 1.10. The number of carboxylic acid groups (broad SMARTS) is 1. The topological polar surface area (TPSA) is 125 Å². The molecule has 6 rings (SSSR count). The van der Waals surface area contributed by atoms with Crippen LogP contribution in [0, 0.1) is 5.82 Å². The van der Waals surface area contributed by atoms with Crippen LogP contribution in [0.15, 0.2) is 41.3 Å². The van der Waals surface area contributed by atoms with Crippen molar-refractivity contribution < 1.29 is 33.4 Å². The molecule has 3 aliphatic rings. The SMILES string of the molecule is COc1ccc(C(=O)N2CCN(C(=O)N3CCN(c4cc5c(cc4F)c(=O)c(C(=O)O)cn5C4CC4)CC3)CC2)c(OC)c1. The van der Waals surface area contributed by atoms with Gasteiger partial charge in [-0.25, -0.2) is 14.0 Å². The maximum Gasteiger partial charge on any atom is 0.341 e. The van der Waals surface area contributed by atoms with E-state index in [1.54, 1.807) is 50.6 Å². The third kappa shape index (κ3) is 5.38. The van der Waals surface area contributed by atoms with Crippen LogP contribution < -0.4 is 19.8 Å². The van der Waals surface area contributed by atoms with Gasteiger partial charge in [0.25, 0.3) is 5.91 Å². The lowest BCUT2D eigenvalue weighted by atomic mass is 10.1. The average molecular weight is 608 g/mol. The van der Waals surface area contributed by atoms with Gasteiger partial charge in [0, 0.05) is 76.0 Å². The molecule has 1 saturated carbocycles. The number of carbonyl (C=O) groups excluding carboxylic acids is 2. The fourth-order valence-electron chi connectivity index (χ4n) is 5.99. The second-order valence-electron chi connectivity index (χ2n) is 11.2. The maximum atomic E-state index is 15.3. The largest absolute Gasteiger partial charge is 0.497 e. The summed E-state index contributed by atoms with van der Waals surface area (Å²) < 4.78 is 27.7. The second kappa shape index (κ2) is 11.7. The van der Waals surface area contributed by atoms with E-state index in [0.29, 0.717) is 80.6 Å². The molecule has 13 heteroatoms. The molecule has 3 heterocycles. The molecule has 0 spiro atoms. The van der Waals surface area contributed by atoms with Crippen molar-refractivity contribution in [3.8, 4) is 11.5 Å². The Morgan fingerprint density at radius 1 is 0.841 bits per heavy atom. The number of methoxy groups -OCH3 is 2. The number of pyridine rings is 1. The van der Waals surface area contributed by atoms with Gasteiger partial charge < -0.3 is 38.7 Å². The van der Waals surface area contributed by atoms with Crippen molar-refractivity contribution in [2.45, 2.75) is 18.9 Å². The number of carbonyl (C=O) groups is 3. The average Bonchev–Trinajstić information content (AvgIpc) is 3.89. The molecule has 3 aromatic rings. The summed E-state index contributed by atoms with van der Waals surface area (Å²) in [6.45, 7) is 3.09. The van der Waals surface area contributed by atoms with Crippen molar-refractivity contribution in [1.29, 1.82) is 0 Å². The van der Waals surface area contributed by atoms with E-state index >= 15 is 4.39 Å². The summed E-state index contributed by atoms with van der Waals surface area (Å²) in [5.74, 6) is -1.09. The second-order valence-corrected chi connectivity index (χ2v) is 11.2. The van der Waals surface area contributed by atoms with Crippen LogP contribution in [0.3, 0.4) is 0 Å². The molecular formula is C31H34FN5O7. The zero-order chi connectivity index (χ0) is 31.1. The maximum absolute atomic E-state index is 15.3. The van der Waals surface area contributed by atoms with Crippen LogP contribution in [0.1, 0.15) is 39.6 Å². The number of aromatic nitrogens is 1. The molecule has 2 saturated heterocycles. The van der Waals surface area contributed by atoms with Crippen LogP contribution in [0.4, 0.5) is 14.9 Å². The van der Waals surface area contributed by atoms with Gasteiger partial charge >= 0.3 is 12.0 Å². The first-order valence-electron chi connectivity index (χ1n) is 14.6. The number of carboxylic acids is 1. The van der Waals surface area contributed by atoms with Crippen molar-refractivity contribution >= 4 is 34.5 Å². The number of nitrogens with zero attached hydrogens (tertiary/aromatic N) is 5. The summed E-state index contributed by atoms with van der Waals surface area (Å²) in [5.41, 5.74) is 0.200. The number of amides is 3. The molecule has 0 atom stereocenters. The third-order valence-corrected chi connectivity index (χ3v) is 8.64. The van der Waals surface area contributed by atoms with E-state index in [-0.39, 0.29) is 28.9 Å². The molecule has 3 amide bonds. The summed E-state index contributed by atoms with van der Waals surface area (Å²) >= 11 is 0. The number of piperazine rings is 2. The van der Waals surface area contributed by atoms with E-state index in [1.807, 2.05) is 4.90 Å². The standard InChI is InChI=1S/C31H34FN5O7/c1-43-20-5-6-21(27(15-20)44-2)29(39)34-9-13-36(14-10-34)31(42)35-11-7-33(8-12-35)26-17-25-22(16-24(26)32)28(38)23(30(40)41)18-37(25)19-3-4-19/h5-6,15-19H,3-4,7-14H2,1-2H3,(H,40,41). The number of aromatic carboxylic acids is 1. The van der Waals surface area contributed by atoms with Crippen LogP contribution in [-0.4, -0.2) is 109 Å². The van der Waals surface area contributed by atoms with E-state index in [9.17, 15) is 24.3 Å². The quantitative estimate of drug-likeness (QED) is 0.454. The minimum atomic E-state index is -1.33. The summed E-state index contributed by atoms with van der Waals surface area (Å²) in [6.07, 6.45) is 3.09. The van der Waals surface area contributed by atoms with Gasteiger partial charge in [-0.05, 0) is 37.1 Å². The van der Waals surface area contributed by atoms with Gasteiger partial charge in [-0.1, -0.05) is 0 Å². The Morgan fingerprint density at radius 2 is 1.48 bits per heavy atom. The molecule has 1 aliphatic carbocycles. The van der Waals surface area contributed by atoms with Crippen LogP contribution in [0.2, 0.25) is 0 Å². The van der Waals surface area contributed by atoms with Gasteiger partial charge in [0.2, 0.25) is 5.43 Å². The highest BCUT2D eigenvalue weighted by Gasteiger charge is 2.32. The first kappa shape index (κ1) is 29.3. The van der Waals surface area contributed by atoms with E-state index < -0.39 is 17.2 Å². The smallest absolute Gasteiger partial charge is 0.341 e. The number of ether oxygens (including phenoxy) is 2. The summed E-state index contributed by atoms with van der Waals surface area (Å²) in [6, 6.07) is 7.77. The minimum absolute atomic E-state index is 0.0509. The number of halogens is 1. The fraction of sp³-hybridized carbons (Fsp3) is 0.419. The molecule has 1 aromatic heterocycles. The third-order valence-electron chi connectivity index (χ3n) is 8.64. The summed E-state index contributed by atoms with van der Waals surface area (Å²) in [4.78, 5) is 58.0. The molecule has 232 valence electrons. The van der Waals surface area contributed by atoms with Gasteiger partial charge in [-0.2, -0.15) is 0 Å². The molecule has 0 radical (unpaired) electrons. The first-order valence-corrected chi connectivity index (χ1v) is 14.6. The lowest BCUT2D eigenvalue weighted by Gasteiger charge is -2.41. The minimum Gasteiger partial charge on any atom is -0.497 e. The molecule has 3 fully saturated rings. The summed E-state index contributed by atoms with van der Waals surface area (Å²) in [7, 11) is 3.04. The Labute approximate surface area is 252 Å². The Morgan fingerprint density at radius 3 is 2.07 bits per heavy atom. The van der Waals surface area contributed by atoms with Gasteiger partial charge in [0.1, 0.15) is 22.9 Å². The highest BCUT2D eigenvalue weighted by Crippen LogP contribution is 2.38. The number of rotatable bonds is 6. The highest BCUT2D eigenvalue weighted by atomic mass is 19.1. The summed E-state index contributed by atoms with van der Waals surface area (Å²) in [5, 5.41) is 9.54. The van der Waals surface area contributed by atoms with Gasteiger partial charge in [-0.3, -0.25) is 9.59 Å². The van der Waals surface area contributed by atoms with Crippen molar-refractivity contribution in [3.63, 3.8) is 0 Å². The normalized spacial score (nSPS) is 17.2. The molecule has 44 heavy (non-hydrogen) atoms. The van der Waals surface area contributed by atoms with Crippen molar-refractivity contribution in [1.82, 2.24) is 19.3 Å². The van der Waals surface area contributed by atoms with Gasteiger partial charge in [0.05, 0.1) is 31.0 Å². The lowest BCUT2D eigenvalue weighted by molar-refractivity contribution is 0.0633. The van der Waals surface area contributed by atoms with Crippen molar-refractivity contribution in [2.24, 2.45) is 0 Å². The number of urea groups is 1. The molecular weight excluding hydrogens is 573 g/mol. The number of anilines is 1. The monoisotopic (exact) mass is 607 g/mol. The van der Waals surface area contributed by atoms with Gasteiger partial charge in [-0.15, -0.1) is 0 Å². The molecule has 2 aliphatic heterocycles. The Hall–Kier alpha value is -4.81. The van der Waals surface area contributed by atoms with Crippen LogP contribution in [0.25, 0.3) is 10.9 Å².